The lowest BCUT2D eigenvalue weighted by Crippen LogP contribution is -2.31. The van der Waals surface area contributed by atoms with Gasteiger partial charge in [0.15, 0.2) is 0 Å². The molecule has 0 heterocycles. The summed E-state index contributed by atoms with van der Waals surface area (Å²) < 4.78 is 15.1. The Labute approximate surface area is 182 Å². The summed E-state index contributed by atoms with van der Waals surface area (Å²) in [6, 6.07) is 17.5. The molecule has 1 amide bonds. The standard InChI is InChI=1S/C20H13BrFIN2O3/c21-14-6-9-18(25(27)28)16(10-14)20(26)24(12-13-4-2-1-3-5-13)19-11-15(22)7-8-17(19)23/h1-11H,12H2. The third kappa shape index (κ3) is 4.56. The number of hydrogen-bond donors (Lipinski definition) is 0. The van der Waals surface area contributed by atoms with E-state index in [0.717, 1.165) is 5.56 Å². The summed E-state index contributed by atoms with van der Waals surface area (Å²) in [5.41, 5.74) is 0.783. The van der Waals surface area contributed by atoms with Crippen LogP contribution in [0.2, 0.25) is 0 Å². The molecule has 0 bridgehead atoms. The molecule has 8 heteroatoms. The number of nitro benzene ring substituents is 1. The summed E-state index contributed by atoms with van der Waals surface area (Å²) in [4.78, 5) is 25.6. The zero-order valence-corrected chi connectivity index (χ0v) is 18.1. The lowest BCUT2D eigenvalue weighted by atomic mass is 10.1. The Kier molecular flexibility index (Phi) is 6.40. The van der Waals surface area contributed by atoms with Gasteiger partial charge < -0.3 is 4.90 Å². The topological polar surface area (TPSA) is 63.4 Å². The lowest BCUT2D eigenvalue weighted by Gasteiger charge is -2.24. The third-order valence-electron chi connectivity index (χ3n) is 4.01. The van der Waals surface area contributed by atoms with E-state index in [1.54, 1.807) is 6.07 Å². The molecule has 0 N–H and O–H groups in total. The van der Waals surface area contributed by atoms with Crippen LogP contribution in [0, 0.1) is 19.5 Å². The summed E-state index contributed by atoms with van der Waals surface area (Å²) in [5.74, 6) is -1.08. The van der Waals surface area contributed by atoms with E-state index in [-0.39, 0.29) is 17.8 Å². The fraction of sp³-hybridized carbons (Fsp3) is 0.0500. The van der Waals surface area contributed by atoms with Crippen molar-refractivity contribution in [2.75, 3.05) is 4.90 Å². The van der Waals surface area contributed by atoms with Crippen LogP contribution in [0.1, 0.15) is 15.9 Å². The second kappa shape index (κ2) is 8.78. The van der Waals surface area contributed by atoms with Crippen LogP contribution in [0.15, 0.2) is 71.2 Å². The minimum atomic E-state index is -0.600. The summed E-state index contributed by atoms with van der Waals surface area (Å²) in [6.07, 6.45) is 0. The number of carbonyl (C=O) groups is 1. The van der Waals surface area contributed by atoms with Gasteiger partial charge in [0.1, 0.15) is 11.4 Å². The average molecular weight is 555 g/mol. The van der Waals surface area contributed by atoms with Crippen molar-refractivity contribution in [2.45, 2.75) is 6.54 Å². The number of halogens is 3. The first-order chi connectivity index (χ1) is 13.4. The van der Waals surface area contributed by atoms with Crippen molar-refractivity contribution in [3.63, 3.8) is 0 Å². The number of carbonyl (C=O) groups excluding carboxylic acids is 1. The van der Waals surface area contributed by atoms with E-state index in [4.69, 9.17) is 0 Å². The van der Waals surface area contributed by atoms with E-state index >= 15 is 0 Å². The van der Waals surface area contributed by atoms with Crippen LogP contribution in [0.5, 0.6) is 0 Å². The molecule has 0 spiro atoms. The van der Waals surface area contributed by atoms with Gasteiger partial charge in [0.05, 0.1) is 17.2 Å². The number of nitrogens with zero attached hydrogens (tertiary/aromatic N) is 2. The van der Waals surface area contributed by atoms with Gasteiger partial charge in [-0.3, -0.25) is 14.9 Å². The Morgan fingerprint density at radius 2 is 1.82 bits per heavy atom. The third-order valence-corrected chi connectivity index (χ3v) is 5.42. The summed E-state index contributed by atoms with van der Waals surface area (Å²) in [5, 5.41) is 11.4. The molecule has 0 atom stereocenters. The van der Waals surface area contributed by atoms with Crippen molar-refractivity contribution in [1.29, 1.82) is 0 Å². The largest absolute Gasteiger partial charge is 0.303 e. The van der Waals surface area contributed by atoms with Crippen LogP contribution >= 0.6 is 38.5 Å². The number of benzene rings is 3. The Balaban J connectivity index is 2.14. The Morgan fingerprint density at radius 3 is 2.50 bits per heavy atom. The molecule has 0 aliphatic carbocycles. The van der Waals surface area contributed by atoms with E-state index in [1.807, 2.05) is 52.9 Å². The van der Waals surface area contributed by atoms with Gasteiger partial charge in [0.2, 0.25) is 0 Å². The van der Waals surface area contributed by atoms with E-state index in [9.17, 15) is 19.3 Å². The number of hydrogen-bond acceptors (Lipinski definition) is 3. The summed E-state index contributed by atoms with van der Waals surface area (Å²) in [6.45, 7) is 0.142. The molecule has 28 heavy (non-hydrogen) atoms. The average Bonchev–Trinajstić information content (AvgIpc) is 2.68. The van der Waals surface area contributed by atoms with Crippen molar-refractivity contribution in [3.05, 3.63) is 102 Å². The molecular formula is C20H13BrFIN2O3. The molecule has 0 unspecified atom stereocenters. The molecule has 142 valence electrons. The van der Waals surface area contributed by atoms with Crippen LogP contribution < -0.4 is 4.90 Å². The fourth-order valence-electron chi connectivity index (χ4n) is 2.71. The SMILES string of the molecule is O=C(c1cc(Br)ccc1[N+](=O)[O-])N(Cc1ccccc1)c1cc(F)ccc1I. The zero-order valence-electron chi connectivity index (χ0n) is 14.3. The minimum absolute atomic E-state index is 0.0737. The monoisotopic (exact) mass is 554 g/mol. The van der Waals surface area contributed by atoms with Crippen LogP contribution in [0.25, 0.3) is 0 Å². The normalized spacial score (nSPS) is 10.5. The molecular weight excluding hydrogens is 542 g/mol. The van der Waals surface area contributed by atoms with Gasteiger partial charge in [-0.1, -0.05) is 46.3 Å². The molecule has 3 aromatic rings. The number of anilines is 1. The predicted molar refractivity (Wildman–Crippen MR) is 117 cm³/mol. The fourth-order valence-corrected chi connectivity index (χ4v) is 3.70. The van der Waals surface area contributed by atoms with Crippen LogP contribution in [-0.4, -0.2) is 10.8 Å². The molecule has 3 rings (SSSR count). The van der Waals surface area contributed by atoms with Crippen molar-refractivity contribution in [2.24, 2.45) is 0 Å². The first kappa shape index (κ1) is 20.4. The lowest BCUT2D eigenvalue weighted by molar-refractivity contribution is -0.385. The highest BCUT2D eigenvalue weighted by Gasteiger charge is 2.27. The molecule has 0 aliphatic rings. The smallest absolute Gasteiger partial charge is 0.282 e. The maximum atomic E-state index is 13.9. The summed E-state index contributed by atoms with van der Waals surface area (Å²) >= 11 is 5.27. The van der Waals surface area contributed by atoms with Gasteiger partial charge in [-0.05, 0) is 58.5 Å². The molecule has 0 aromatic heterocycles. The summed E-state index contributed by atoms with van der Waals surface area (Å²) in [7, 11) is 0. The highest BCUT2D eigenvalue weighted by molar-refractivity contribution is 14.1. The van der Waals surface area contributed by atoms with Gasteiger partial charge >= 0.3 is 0 Å². The van der Waals surface area contributed by atoms with Crippen LogP contribution in [0.4, 0.5) is 15.8 Å². The second-order valence-electron chi connectivity index (χ2n) is 5.89. The van der Waals surface area contributed by atoms with E-state index in [0.29, 0.717) is 13.7 Å². The van der Waals surface area contributed by atoms with Crippen LogP contribution in [0.3, 0.4) is 0 Å². The Bertz CT molecular complexity index is 1050. The first-order valence-corrected chi connectivity index (χ1v) is 9.99. The number of rotatable bonds is 5. The van der Waals surface area contributed by atoms with Gasteiger partial charge in [-0.25, -0.2) is 4.39 Å². The predicted octanol–water partition coefficient (Wildman–Crippen LogP) is 5.95. The Morgan fingerprint density at radius 1 is 1.11 bits per heavy atom. The van der Waals surface area contributed by atoms with Crippen LogP contribution in [-0.2, 0) is 6.54 Å². The highest BCUT2D eigenvalue weighted by atomic mass is 127. The molecule has 5 nitrogen and oxygen atoms in total. The molecule has 0 fully saturated rings. The molecule has 0 radical (unpaired) electrons. The molecule has 3 aromatic carbocycles. The van der Waals surface area contributed by atoms with Gasteiger partial charge in [0, 0.05) is 14.1 Å². The minimum Gasteiger partial charge on any atom is -0.303 e. The van der Waals surface area contributed by atoms with E-state index in [1.165, 1.54) is 35.2 Å². The van der Waals surface area contributed by atoms with Crippen molar-refractivity contribution >= 4 is 55.8 Å². The molecule has 0 aliphatic heterocycles. The van der Waals surface area contributed by atoms with Gasteiger partial charge in [-0.15, -0.1) is 0 Å². The van der Waals surface area contributed by atoms with E-state index in [2.05, 4.69) is 15.9 Å². The van der Waals surface area contributed by atoms with Crippen molar-refractivity contribution in [1.82, 2.24) is 0 Å². The van der Waals surface area contributed by atoms with Crippen molar-refractivity contribution in [3.8, 4) is 0 Å². The number of amides is 1. The second-order valence-corrected chi connectivity index (χ2v) is 7.97. The number of nitro groups is 1. The van der Waals surface area contributed by atoms with E-state index < -0.39 is 16.6 Å². The quantitative estimate of drug-likeness (QED) is 0.222. The maximum absolute atomic E-state index is 13.9. The van der Waals surface area contributed by atoms with Gasteiger partial charge in [-0.2, -0.15) is 0 Å². The van der Waals surface area contributed by atoms with Gasteiger partial charge in [0.25, 0.3) is 11.6 Å². The van der Waals surface area contributed by atoms with Crippen molar-refractivity contribution < 1.29 is 14.1 Å². The highest BCUT2D eigenvalue weighted by Crippen LogP contribution is 2.30. The Hall–Kier alpha value is -2.33. The maximum Gasteiger partial charge on any atom is 0.282 e. The molecule has 0 saturated heterocycles. The zero-order chi connectivity index (χ0) is 20.3. The first-order valence-electron chi connectivity index (χ1n) is 8.11. The molecule has 0 saturated carbocycles.